The predicted molar refractivity (Wildman–Crippen MR) is 72.5 cm³/mol. The van der Waals surface area contributed by atoms with Crippen LogP contribution >= 0.6 is 0 Å². The minimum atomic E-state index is -0.781. The number of anilines is 1. The third-order valence-electron chi connectivity index (χ3n) is 2.99. The van der Waals surface area contributed by atoms with E-state index in [-0.39, 0.29) is 17.9 Å². The van der Waals surface area contributed by atoms with Gasteiger partial charge in [-0.25, -0.2) is 5.10 Å². The van der Waals surface area contributed by atoms with Crippen molar-refractivity contribution in [3.63, 3.8) is 0 Å². The molecular weight excluding hydrogens is 276 g/mol. The number of methoxy groups -OCH3 is 1. The lowest BCUT2D eigenvalue weighted by atomic mass is 10.1. The highest BCUT2D eigenvalue weighted by Crippen LogP contribution is 2.33. The molecule has 3 rings (SSSR count). The molecule has 0 radical (unpaired) electrons. The van der Waals surface area contributed by atoms with Crippen LogP contribution in [0, 0.1) is 0 Å². The highest BCUT2D eigenvalue weighted by atomic mass is 16.6. The van der Waals surface area contributed by atoms with Gasteiger partial charge in [-0.2, -0.15) is 4.98 Å². The van der Waals surface area contributed by atoms with Crippen molar-refractivity contribution >= 4 is 11.9 Å². The van der Waals surface area contributed by atoms with E-state index in [1.54, 1.807) is 19.1 Å². The normalized spacial score (nSPS) is 19.9. The second-order valence-corrected chi connectivity index (χ2v) is 4.47. The molecule has 8 nitrogen and oxygen atoms in total. The number of aromatic nitrogens is 3. The van der Waals surface area contributed by atoms with E-state index in [1.165, 1.54) is 7.11 Å². The van der Waals surface area contributed by atoms with Gasteiger partial charge in [0.1, 0.15) is 6.10 Å². The first-order chi connectivity index (χ1) is 10.2. The molecule has 0 aliphatic carbocycles. The maximum absolute atomic E-state index is 12.2. The first-order valence-electron chi connectivity index (χ1n) is 6.37. The molecule has 1 aromatic heterocycles. The molecule has 2 aromatic rings. The topological polar surface area (TPSA) is 98.4 Å². The molecule has 1 aromatic carbocycles. The molecular formula is C13H14N4O4. The lowest BCUT2D eigenvalue weighted by Crippen LogP contribution is -2.46. The number of amides is 1. The molecule has 0 spiro atoms. The highest BCUT2D eigenvalue weighted by molar-refractivity contribution is 5.93. The zero-order chi connectivity index (χ0) is 14.8. The van der Waals surface area contributed by atoms with Crippen LogP contribution in [0.15, 0.2) is 24.3 Å². The summed E-state index contributed by atoms with van der Waals surface area (Å²) in [5, 5.41) is 8.86. The minimum absolute atomic E-state index is 0.143. The second kappa shape index (κ2) is 5.31. The maximum Gasteiger partial charge on any atom is 0.336 e. The Hall–Kier alpha value is -2.77. The molecule has 0 bridgehead atoms. The monoisotopic (exact) mass is 290 g/mol. The molecule has 0 saturated carbocycles. The van der Waals surface area contributed by atoms with Gasteiger partial charge in [-0.15, -0.1) is 5.10 Å². The summed E-state index contributed by atoms with van der Waals surface area (Å²) in [6.07, 6.45) is -1.21. The van der Waals surface area contributed by atoms with Crippen LogP contribution in [0.2, 0.25) is 0 Å². The Balaban J connectivity index is 1.73. The second-order valence-electron chi connectivity index (χ2n) is 4.47. The Kier molecular flexibility index (Phi) is 3.35. The number of hydrogen-bond acceptors (Lipinski definition) is 6. The molecule has 1 amide bonds. The van der Waals surface area contributed by atoms with Gasteiger partial charge in [0.15, 0.2) is 11.5 Å². The molecule has 1 aliphatic heterocycles. The number of carbonyl (C=O) groups is 1. The molecule has 8 heteroatoms. The first kappa shape index (κ1) is 13.2. The number of nitrogens with one attached hydrogen (secondary N) is 2. The number of rotatable bonds is 3. The molecule has 2 heterocycles. The summed E-state index contributed by atoms with van der Waals surface area (Å²) < 4.78 is 16.2. The summed E-state index contributed by atoms with van der Waals surface area (Å²) in [6, 6.07) is 7.34. The zero-order valence-electron chi connectivity index (χ0n) is 11.5. The Bertz CT molecular complexity index is 657. The summed E-state index contributed by atoms with van der Waals surface area (Å²) in [6.45, 7) is 1.77. The minimum Gasteiger partial charge on any atom is -0.482 e. The highest BCUT2D eigenvalue weighted by Gasteiger charge is 2.34. The Morgan fingerprint density at radius 2 is 2.05 bits per heavy atom. The summed E-state index contributed by atoms with van der Waals surface area (Å²) in [5.74, 6) is 0.962. The molecule has 1 aliphatic rings. The van der Waals surface area contributed by atoms with Gasteiger partial charge in [-0.3, -0.25) is 10.1 Å². The van der Waals surface area contributed by atoms with E-state index in [1.807, 2.05) is 12.1 Å². The van der Waals surface area contributed by atoms with Gasteiger partial charge in [-0.05, 0) is 19.1 Å². The van der Waals surface area contributed by atoms with E-state index < -0.39 is 12.2 Å². The average molecular weight is 290 g/mol. The van der Waals surface area contributed by atoms with Gasteiger partial charge >= 0.3 is 6.01 Å². The van der Waals surface area contributed by atoms with E-state index in [0.29, 0.717) is 11.5 Å². The fraction of sp³-hybridized carbons (Fsp3) is 0.308. The van der Waals surface area contributed by atoms with Crippen LogP contribution in [0.4, 0.5) is 5.95 Å². The molecule has 2 atom stereocenters. The number of H-pyrrole nitrogens is 1. The van der Waals surface area contributed by atoms with Gasteiger partial charge in [0.25, 0.3) is 5.91 Å². The fourth-order valence-electron chi connectivity index (χ4n) is 1.99. The maximum atomic E-state index is 12.2. The van der Waals surface area contributed by atoms with E-state index in [0.717, 1.165) is 0 Å². The molecule has 21 heavy (non-hydrogen) atoms. The van der Waals surface area contributed by atoms with Crippen LogP contribution < -0.4 is 19.5 Å². The first-order valence-corrected chi connectivity index (χ1v) is 6.37. The van der Waals surface area contributed by atoms with Crippen molar-refractivity contribution in [2.75, 3.05) is 12.4 Å². The van der Waals surface area contributed by atoms with E-state index >= 15 is 0 Å². The van der Waals surface area contributed by atoms with Gasteiger partial charge in [0.05, 0.1) is 7.11 Å². The predicted octanol–water partition coefficient (Wildman–Crippen LogP) is 0.980. The Morgan fingerprint density at radius 1 is 1.33 bits per heavy atom. The molecule has 0 fully saturated rings. The van der Waals surface area contributed by atoms with Crippen LogP contribution in [-0.2, 0) is 4.79 Å². The van der Waals surface area contributed by atoms with E-state index in [2.05, 4.69) is 20.5 Å². The van der Waals surface area contributed by atoms with Crippen LogP contribution in [0.1, 0.15) is 6.92 Å². The van der Waals surface area contributed by atoms with Crippen LogP contribution in [0.5, 0.6) is 17.5 Å². The number of benzene rings is 1. The van der Waals surface area contributed by atoms with Crippen LogP contribution in [-0.4, -0.2) is 40.4 Å². The van der Waals surface area contributed by atoms with Gasteiger partial charge < -0.3 is 14.2 Å². The van der Waals surface area contributed by atoms with Crippen molar-refractivity contribution in [1.82, 2.24) is 15.2 Å². The Labute approximate surface area is 120 Å². The third-order valence-corrected chi connectivity index (χ3v) is 2.99. The number of fused-ring (bicyclic) bond motifs is 1. The van der Waals surface area contributed by atoms with Crippen molar-refractivity contribution < 1.29 is 19.0 Å². The lowest BCUT2D eigenvalue weighted by molar-refractivity contribution is -0.128. The largest absolute Gasteiger partial charge is 0.482 e. The van der Waals surface area contributed by atoms with E-state index in [4.69, 9.17) is 14.2 Å². The van der Waals surface area contributed by atoms with Crippen molar-refractivity contribution in [2.24, 2.45) is 0 Å². The zero-order valence-corrected chi connectivity index (χ0v) is 11.5. The molecule has 2 N–H and O–H groups in total. The summed E-state index contributed by atoms with van der Waals surface area (Å²) in [5.41, 5.74) is 0. The lowest BCUT2D eigenvalue weighted by Gasteiger charge is -2.30. The van der Waals surface area contributed by atoms with Crippen molar-refractivity contribution in [1.29, 1.82) is 0 Å². The van der Waals surface area contributed by atoms with Gasteiger partial charge in [0, 0.05) is 0 Å². The third kappa shape index (κ3) is 2.60. The van der Waals surface area contributed by atoms with Crippen LogP contribution in [0.25, 0.3) is 0 Å². The summed E-state index contributed by atoms with van der Waals surface area (Å²) in [4.78, 5) is 16.2. The smallest absolute Gasteiger partial charge is 0.336 e. The summed E-state index contributed by atoms with van der Waals surface area (Å²) >= 11 is 0. The average Bonchev–Trinajstić information content (AvgIpc) is 2.94. The summed E-state index contributed by atoms with van der Waals surface area (Å²) in [7, 11) is 1.44. The quantitative estimate of drug-likeness (QED) is 0.874. The van der Waals surface area contributed by atoms with Crippen molar-refractivity contribution in [3.8, 4) is 17.5 Å². The molecule has 2 unspecified atom stereocenters. The number of ether oxygens (including phenoxy) is 3. The fourth-order valence-corrected chi connectivity index (χ4v) is 1.99. The van der Waals surface area contributed by atoms with Crippen molar-refractivity contribution in [2.45, 2.75) is 19.1 Å². The SMILES string of the molecule is COc1n[nH]c(NC(=O)C2Oc3ccccc3OC2C)n1. The van der Waals surface area contributed by atoms with Gasteiger partial charge in [0.2, 0.25) is 12.1 Å². The van der Waals surface area contributed by atoms with Gasteiger partial charge in [-0.1, -0.05) is 12.1 Å². The number of nitrogens with zero attached hydrogens (tertiary/aromatic N) is 2. The number of carbonyl (C=O) groups excluding carboxylic acids is 1. The molecule has 0 saturated heterocycles. The number of aromatic amines is 1. The number of hydrogen-bond donors (Lipinski definition) is 2. The van der Waals surface area contributed by atoms with E-state index in [9.17, 15) is 4.79 Å². The van der Waals surface area contributed by atoms with Crippen molar-refractivity contribution in [3.05, 3.63) is 24.3 Å². The Morgan fingerprint density at radius 3 is 2.71 bits per heavy atom. The van der Waals surface area contributed by atoms with Crippen LogP contribution in [0.3, 0.4) is 0 Å². The number of para-hydroxylation sites is 2. The standard InChI is InChI=1S/C13H14N4O4/c1-7-10(21-9-6-4-3-5-8(9)20-7)11(18)14-12-15-13(19-2)17-16-12/h3-7,10H,1-2H3,(H2,14,15,16,17,18). The molecule has 110 valence electrons.